The van der Waals surface area contributed by atoms with E-state index in [4.69, 9.17) is 0 Å². The summed E-state index contributed by atoms with van der Waals surface area (Å²) in [5, 5.41) is 21.9. The van der Waals surface area contributed by atoms with Crippen LogP contribution in [0.25, 0.3) is 11.0 Å². The monoisotopic (exact) mass is 527 g/mol. The maximum Gasteiger partial charge on any atom is 0.272 e. The molecule has 0 aliphatic carbocycles. The number of anilines is 1. The Labute approximate surface area is 216 Å². The number of imidazole rings is 1. The summed E-state index contributed by atoms with van der Waals surface area (Å²) in [6, 6.07) is 11.6. The summed E-state index contributed by atoms with van der Waals surface area (Å²) >= 11 is 0.724. The highest BCUT2D eigenvalue weighted by atomic mass is 32.1. The number of alkyl halides is 2. The first-order chi connectivity index (χ1) is 17.6. The summed E-state index contributed by atoms with van der Waals surface area (Å²) in [5.41, 5.74) is 0.631. The van der Waals surface area contributed by atoms with Crippen LogP contribution in [-0.4, -0.2) is 50.6 Å². The molecule has 1 aromatic carbocycles. The molecule has 194 valence electrons. The second kappa shape index (κ2) is 10.8. The number of halogens is 2. The molecular formula is C26H27F2N5O3S. The Morgan fingerprint density at radius 1 is 1.32 bits per heavy atom. The largest absolute Gasteiger partial charge is 0.395 e. The van der Waals surface area contributed by atoms with E-state index in [0.717, 1.165) is 23.3 Å². The highest BCUT2D eigenvalue weighted by Gasteiger charge is 2.33. The normalized spacial score (nSPS) is 16.4. The summed E-state index contributed by atoms with van der Waals surface area (Å²) in [5.74, 6) is -0.705. The maximum absolute atomic E-state index is 13.3. The Kier molecular flexibility index (Phi) is 7.71. The Morgan fingerprint density at radius 3 is 2.76 bits per heavy atom. The lowest BCUT2D eigenvalue weighted by Crippen LogP contribution is -2.39. The van der Waals surface area contributed by atoms with Gasteiger partial charge in [-0.25, -0.2) is 13.8 Å². The van der Waals surface area contributed by atoms with Crippen LogP contribution in [0.3, 0.4) is 0 Å². The molecule has 3 heterocycles. The molecule has 3 aromatic rings. The number of amides is 2. The predicted molar refractivity (Wildman–Crippen MR) is 136 cm³/mol. The zero-order valence-corrected chi connectivity index (χ0v) is 21.3. The fourth-order valence-corrected chi connectivity index (χ4v) is 5.11. The average molecular weight is 528 g/mol. The van der Waals surface area contributed by atoms with E-state index in [1.165, 1.54) is 18.2 Å². The quantitative estimate of drug-likeness (QED) is 0.325. The van der Waals surface area contributed by atoms with Crippen molar-refractivity contribution in [3.05, 3.63) is 57.8 Å². The molecule has 4 rings (SSSR count). The number of thiophene rings is 1. The summed E-state index contributed by atoms with van der Waals surface area (Å²) < 4.78 is 27.8. The number of aliphatic hydroxyl groups excluding tert-OH is 1. The van der Waals surface area contributed by atoms with Crippen molar-refractivity contribution in [1.82, 2.24) is 14.5 Å². The van der Waals surface area contributed by atoms with Crippen molar-refractivity contribution < 1.29 is 23.5 Å². The Balaban J connectivity index is 1.62. The number of rotatable bonds is 8. The summed E-state index contributed by atoms with van der Waals surface area (Å²) in [6.07, 6.45) is 0.282. The van der Waals surface area contributed by atoms with E-state index >= 15 is 0 Å². The SMILES string of the molecule is CC(C)(/C=C(\C#N)C(=O)N1CCC[C@H]1Cn1c(NC(=O)c2ccc(C(F)F)s2)nc2ccccc21)CO. The number of benzene rings is 1. The number of likely N-dealkylation sites (tertiary alicyclic amines) is 1. The van der Waals surface area contributed by atoms with Crippen LogP contribution in [-0.2, 0) is 11.3 Å². The van der Waals surface area contributed by atoms with Crippen LogP contribution >= 0.6 is 11.3 Å². The van der Waals surface area contributed by atoms with Crippen molar-refractivity contribution in [2.24, 2.45) is 5.41 Å². The van der Waals surface area contributed by atoms with Crippen LogP contribution in [0.2, 0.25) is 0 Å². The molecule has 2 N–H and O–H groups in total. The zero-order chi connectivity index (χ0) is 26.7. The number of carbonyl (C=O) groups is 2. The summed E-state index contributed by atoms with van der Waals surface area (Å²) in [6.45, 7) is 4.06. The zero-order valence-electron chi connectivity index (χ0n) is 20.4. The van der Waals surface area contributed by atoms with Gasteiger partial charge in [0.1, 0.15) is 11.6 Å². The fourth-order valence-electron chi connectivity index (χ4n) is 4.35. The molecule has 8 nitrogen and oxygen atoms in total. The van der Waals surface area contributed by atoms with Crippen molar-refractivity contribution in [3.63, 3.8) is 0 Å². The van der Waals surface area contributed by atoms with Crippen molar-refractivity contribution >= 4 is 40.1 Å². The van der Waals surface area contributed by atoms with E-state index < -0.39 is 23.7 Å². The second-order valence-electron chi connectivity index (χ2n) is 9.60. The Hall–Kier alpha value is -3.62. The summed E-state index contributed by atoms with van der Waals surface area (Å²) in [7, 11) is 0. The first-order valence-electron chi connectivity index (χ1n) is 11.8. The third-order valence-electron chi connectivity index (χ3n) is 6.27. The third-order valence-corrected chi connectivity index (χ3v) is 7.36. The van der Waals surface area contributed by atoms with Gasteiger partial charge in [-0.05, 0) is 37.1 Å². The minimum Gasteiger partial charge on any atom is -0.395 e. The molecule has 0 spiro atoms. The first kappa shape index (κ1) is 26.4. The Morgan fingerprint density at radius 2 is 2.08 bits per heavy atom. The lowest BCUT2D eigenvalue weighted by Gasteiger charge is -2.26. The van der Waals surface area contributed by atoms with Crippen LogP contribution in [0.1, 0.15) is 47.7 Å². The van der Waals surface area contributed by atoms with Gasteiger partial charge in [-0.2, -0.15) is 5.26 Å². The van der Waals surface area contributed by atoms with Gasteiger partial charge in [-0.3, -0.25) is 14.9 Å². The lowest BCUT2D eigenvalue weighted by molar-refractivity contribution is -0.127. The van der Waals surface area contributed by atoms with E-state index in [0.29, 0.717) is 25.0 Å². The standard InChI is InChI=1S/C26H27F2N5O3S/c1-26(2,15-34)12-16(13-29)24(36)32-11-5-6-17(32)14-33-19-8-4-3-7-18(19)30-25(33)31-23(35)21-10-9-20(37-21)22(27)28/h3-4,7-10,12,17,22,34H,5-6,11,14-15H2,1-2H3,(H,30,31,35)/b16-12+/t17-/m0/s1. The van der Waals surface area contributed by atoms with Crippen LogP contribution < -0.4 is 5.32 Å². The average Bonchev–Trinajstić information content (AvgIpc) is 3.62. The van der Waals surface area contributed by atoms with Crippen LogP contribution in [0.4, 0.5) is 14.7 Å². The van der Waals surface area contributed by atoms with Crippen LogP contribution in [0.5, 0.6) is 0 Å². The van der Waals surface area contributed by atoms with Gasteiger partial charge in [0.2, 0.25) is 5.95 Å². The van der Waals surface area contributed by atoms with Crippen molar-refractivity contribution in [2.45, 2.75) is 45.7 Å². The molecule has 2 amide bonds. The highest BCUT2D eigenvalue weighted by molar-refractivity contribution is 7.14. The van der Waals surface area contributed by atoms with Gasteiger partial charge in [-0.1, -0.05) is 32.1 Å². The molecule has 1 aliphatic heterocycles. The van der Waals surface area contributed by atoms with E-state index in [9.17, 15) is 28.7 Å². The number of fused-ring (bicyclic) bond motifs is 1. The number of nitrogens with one attached hydrogen (secondary N) is 1. The number of hydrogen-bond acceptors (Lipinski definition) is 6. The van der Waals surface area contributed by atoms with Crippen molar-refractivity contribution in [1.29, 1.82) is 5.26 Å². The Bertz CT molecular complexity index is 1390. The number of para-hydroxylation sites is 2. The molecule has 1 atom stereocenters. The molecule has 37 heavy (non-hydrogen) atoms. The first-order valence-corrected chi connectivity index (χ1v) is 12.6. The van der Waals surface area contributed by atoms with Gasteiger partial charge in [0, 0.05) is 18.5 Å². The second-order valence-corrected chi connectivity index (χ2v) is 10.7. The summed E-state index contributed by atoms with van der Waals surface area (Å²) in [4.78, 5) is 32.3. The van der Waals surface area contributed by atoms with E-state index in [1.54, 1.807) is 29.4 Å². The van der Waals surface area contributed by atoms with Gasteiger partial charge >= 0.3 is 0 Å². The lowest BCUT2D eigenvalue weighted by atomic mass is 9.91. The van der Waals surface area contributed by atoms with Gasteiger partial charge in [-0.15, -0.1) is 11.3 Å². The van der Waals surface area contributed by atoms with Crippen LogP contribution in [0, 0.1) is 16.7 Å². The fraction of sp³-hybridized carbons (Fsp3) is 0.385. The molecule has 0 unspecified atom stereocenters. The number of nitrogens with zero attached hydrogens (tertiary/aromatic N) is 4. The van der Waals surface area contributed by atoms with E-state index in [2.05, 4.69) is 10.3 Å². The van der Waals surface area contributed by atoms with E-state index in [-0.39, 0.29) is 33.9 Å². The minimum absolute atomic E-state index is 0.0255. The highest BCUT2D eigenvalue weighted by Crippen LogP contribution is 2.30. The minimum atomic E-state index is -2.66. The van der Waals surface area contributed by atoms with Crippen molar-refractivity contribution in [3.8, 4) is 6.07 Å². The molecule has 0 saturated carbocycles. The number of carbonyl (C=O) groups excluding carboxylic acids is 2. The molecule has 1 aliphatic rings. The van der Waals surface area contributed by atoms with Gasteiger partial charge in [0.05, 0.1) is 33.4 Å². The number of hydrogen-bond donors (Lipinski definition) is 2. The number of aliphatic hydroxyl groups is 1. The topological polar surface area (TPSA) is 111 Å². The third kappa shape index (κ3) is 5.70. The molecule has 1 fully saturated rings. The smallest absolute Gasteiger partial charge is 0.272 e. The number of aromatic nitrogens is 2. The van der Waals surface area contributed by atoms with Gasteiger partial charge in [0.15, 0.2) is 0 Å². The molecular weight excluding hydrogens is 500 g/mol. The van der Waals surface area contributed by atoms with Gasteiger partial charge < -0.3 is 14.6 Å². The molecule has 1 saturated heterocycles. The van der Waals surface area contributed by atoms with E-state index in [1.807, 2.05) is 24.3 Å². The molecule has 0 radical (unpaired) electrons. The maximum atomic E-state index is 13.3. The number of nitriles is 1. The predicted octanol–water partition coefficient (Wildman–Crippen LogP) is 4.75. The van der Waals surface area contributed by atoms with Crippen molar-refractivity contribution in [2.75, 3.05) is 18.5 Å². The van der Waals surface area contributed by atoms with Gasteiger partial charge in [0.25, 0.3) is 18.2 Å². The molecule has 11 heteroatoms. The molecule has 2 aromatic heterocycles. The van der Waals surface area contributed by atoms with Crippen LogP contribution in [0.15, 0.2) is 48.0 Å². The molecule has 0 bridgehead atoms.